The summed E-state index contributed by atoms with van der Waals surface area (Å²) in [5, 5.41) is 11.1. The van der Waals surface area contributed by atoms with Crippen molar-refractivity contribution >= 4 is 5.70 Å². The molecular formula is C10H14N4. The quantitative estimate of drug-likeness (QED) is 0.720. The molecule has 3 N–H and O–H groups in total. The lowest BCUT2D eigenvalue weighted by atomic mass is 9.98. The Bertz CT molecular complexity index is 346. The van der Waals surface area contributed by atoms with Crippen molar-refractivity contribution in [1.82, 2.24) is 15.5 Å². The van der Waals surface area contributed by atoms with Crippen LogP contribution in [-0.4, -0.2) is 23.3 Å². The Morgan fingerprint density at radius 3 is 3.07 bits per heavy atom. The van der Waals surface area contributed by atoms with Crippen LogP contribution in [0.3, 0.4) is 0 Å². The Morgan fingerprint density at radius 2 is 2.21 bits per heavy atom. The number of nitrogens with one attached hydrogen (secondary N) is 1. The van der Waals surface area contributed by atoms with E-state index in [9.17, 15) is 0 Å². The molecule has 0 spiro atoms. The number of nitrogens with two attached hydrogens (primary N) is 1. The molecule has 1 aromatic heterocycles. The van der Waals surface area contributed by atoms with Gasteiger partial charge in [-0.15, -0.1) is 0 Å². The monoisotopic (exact) mass is 190 g/mol. The third-order valence-electron chi connectivity index (χ3n) is 2.33. The molecule has 14 heavy (non-hydrogen) atoms. The average molecular weight is 190 g/mol. The predicted octanol–water partition coefficient (Wildman–Crippen LogP) is 0.312. The summed E-state index contributed by atoms with van der Waals surface area (Å²) in [6, 6.07) is 0. The van der Waals surface area contributed by atoms with Crippen LogP contribution in [0.2, 0.25) is 0 Å². The van der Waals surface area contributed by atoms with Crippen molar-refractivity contribution in [2.24, 2.45) is 5.73 Å². The maximum absolute atomic E-state index is 5.45. The van der Waals surface area contributed by atoms with E-state index >= 15 is 0 Å². The van der Waals surface area contributed by atoms with Crippen molar-refractivity contribution in [2.45, 2.75) is 12.8 Å². The van der Waals surface area contributed by atoms with Gasteiger partial charge in [-0.2, -0.15) is 10.2 Å². The number of rotatable bonds is 3. The molecule has 1 heterocycles. The maximum Gasteiger partial charge on any atom is 0.0592 e. The van der Waals surface area contributed by atoms with E-state index in [2.05, 4.69) is 21.6 Å². The van der Waals surface area contributed by atoms with Gasteiger partial charge in [0.2, 0.25) is 0 Å². The predicted molar refractivity (Wildman–Crippen MR) is 55.4 cm³/mol. The molecule has 0 saturated heterocycles. The van der Waals surface area contributed by atoms with Crippen LogP contribution in [0.25, 0.3) is 5.70 Å². The first kappa shape index (κ1) is 9.15. The molecule has 0 bridgehead atoms. The van der Waals surface area contributed by atoms with Crippen LogP contribution in [-0.2, 0) is 6.42 Å². The first-order chi connectivity index (χ1) is 6.92. The van der Waals surface area contributed by atoms with Crippen LogP contribution < -0.4 is 11.1 Å². The van der Waals surface area contributed by atoms with Gasteiger partial charge in [-0.25, -0.2) is 0 Å². The second kappa shape index (κ2) is 4.19. The smallest absolute Gasteiger partial charge is 0.0592 e. The van der Waals surface area contributed by atoms with Crippen molar-refractivity contribution in [2.75, 3.05) is 13.1 Å². The van der Waals surface area contributed by atoms with Gasteiger partial charge < -0.3 is 11.1 Å². The lowest BCUT2D eigenvalue weighted by molar-refractivity contribution is 0.829. The van der Waals surface area contributed by atoms with Crippen molar-refractivity contribution in [1.29, 1.82) is 0 Å². The van der Waals surface area contributed by atoms with Gasteiger partial charge in [0.15, 0.2) is 0 Å². The third kappa shape index (κ3) is 1.75. The van der Waals surface area contributed by atoms with E-state index in [1.807, 2.05) is 12.4 Å². The summed E-state index contributed by atoms with van der Waals surface area (Å²) in [6.45, 7) is 1.44. The van der Waals surface area contributed by atoms with Gasteiger partial charge in [-0.1, -0.05) is 6.08 Å². The molecule has 0 unspecified atom stereocenters. The molecule has 1 aromatic rings. The molecule has 2 rings (SSSR count). The highest BCUT2D eigenvalue weighted by molar-refractivity contribution is 5.67. The molecule has 0 atom stereocenters. The number of nitrogens with zero attached hydrogens (tertiary/aromatic N) is 2. The number of hydrogen-bond donors (Lipinski definition) is 2. The van der Waals surface area contributed by atoms with Gasteiger partial charge in [-0.05, 0) is 18.4 Å². The Morgan fingerprint density at radius 1 is 1.36 bits per heavy atom. The first-order valence-corrected chi connectivity index (χ1v) is 4.86. The molecule has 0 fully saturated rings. The molecule has 0 saturated carbocycles. The number of aromatic nitrogens is 2. The minimum atomic E-state index is 0.644. The maximum atomic E-state index is 5.45. The highest BCUT2D eigenvalue weighted by Gasteiger charge is 2.11. The standard InChI is InChI=1S/C10H14N4/c11-4-5-12-10-3-1-2-8-6-13-14-7-9(8)10/h3,6-7,12H,1-2,4-5,11H2. The van der Waals surface area contributed by atoms with E-state index in [1.54, 1.807) is 0 Å². The Labute approximate surface area is 83.2 Å². The summed E-state index contributed by atoms with van der Waals surface area (Å²) >= 11 is 0. The third-order valence-corrected chi connectivity index (χ3v) is 2.33. The van der Waals surface area contributed by atoms with Crippen LogP contribution in [0, 0.1) is 0 Å². The van der Waals surface area contributed by atoms with Crippen molar-refractivity contribution in [3.8, 4) is 0 Å². The summed E-state index contributed by atoms with van der Waals surface area (Å²) in [5.74, 6) is 0. The summed E-state index contributed by atoms with van der Waals surface area (Å²) in [5.41, 5.74) is 9.03. The average Bonchev–Trinajstić information content (AvgIpc) is 2.26. The number of aryl methyl sites for hydroxylation is 1. The highest BCUT2D eigenvalue weighted by Crippen LogP contribution is 2.22. The van der Waals surface area contributed by atoms with E-state index in [4.69, 9.17) is 5.73 Å². The molecule has 0 amide bonds. The van der Waals surface area contributed by atoms with Gasteiger partial charge >= 0.3 is 0 Å². The molecular weight excluding hydrogens is 176 g/mol. The molecule has 74 valence electrons. The van der Waals surface area contributed by atoms with E-state index in [0.29, 0.717) is 6.54 Å². The fourth-order valence-corrected chi connectivity index (χ4v) is 1.64. The van der Waals surface area contributed by atoms with Gasteiger partial charge in [0.25, 0.3) is 0 Å². The van der Waals surface area contributed by atoms with Gasteiger partial charge in [0.1, 0.15) is 0 Å². The molecule has 1 aliphatic carbocycles. The van der Waals surface area contributed by atoms with Crippen molar-refractivity contribution in [3.05, 3.63) is 29.6 Å². The molecule has 0 aliphatic heterocycles. The second-order valence-electron chi connectivity index (χ2n) is 3.30. The normalized spacial score (nSPS) is 14.5. The molecule has 4 heteroatoms. The highest BCUT2D eigenvalue weighted by atomic mass is 15.1. The lowest BCUT2D eigenvalue weighted by Gasteiger charge is -2.17. The number of hydrogen-bond acceptors (Lipinski definition) is 4. The van der Waals surface area contributed by atoms with Crippen LogP contribution in [0.5, 0.6) is 0 Å². The van der Waals surface area contributed by atoms with Crippen molar-refractivity contribution in [3.63, 3.8) is 0 Å². The van der Waals surface area contributed by atoms with Gasteiger partial charge in [-0.3, -0.25) is 0 Å². The Balaban J connectivity index is 2.22. The topological polar surface area (TPSA) is 63.8 Å². The van der Waals surface area contributed by atoms with E-state index < -0.39 is 0 Å². The van der Waals surface area contributed by atoms with Crippen molar-refractivity contribution < 1.29 is 0 Å². The molecule has 0 aromatic carbocycles. The lowest BCUT2D eigenvalue weighted by Crippen LogP contribution is -2.23. The zero-order chi connectivity index (χ0) is 9.80. The van der Waals surface area contributed by atoms with E-state index in [1.165, 1.54) is 11.1 Å². The first-order valence-electron chi connectivity index (χ1n) is 4.86. The van der Waals surface area contributed by atoms with E-state index in [-0.39, 0.29) is 0 Å². The molecule has 4 nitrogen and oxygen atoms in total. The van der Waals surface area contributed by atoms with Crippen LogP contribution in [0.4, 0.5) is 0 Å². The second-order valence-corrected chi connectivity index (χ2v) is 3.30. The zero-order valence-corrected chi connectivity index (χ0v) is 8.03. The summed E-state index contributed by atoms with van der Waals surface area (Å²) in [4.78, 5) is 0. The minimum Gasteiger partial charge on any atom is -0.383 e. The minimum absolute atomic E-state index is 0.644. The van der Waals surface area contributed by atoms with Gasteiger partial charge in [0.05, 0.1) is 12.4 Å². The Hall–Kier alpha value is -1.42. The summed E-state index contributed by atoms with van der Waals surface area (Å²) in [6.07, 6.45) is 7.96. The Kier molecular flexibility index (Phi) is 2.74. The number of allylic oxidation sites excluding steroid dienone is 1. The number of fused-ring (bicyclic) bond motifs is 1. The summed E-state index contributed by atoms with van der Waals surface area (Å²) in [7, 11) is 0. The summed E-state index contributed by atoms with van der Waals surface area (Å²) < 4.78 is 0. The fraction of sp³-hybridized carbons (Fsp3) is 0.400. The molecule has 0 radical (unpaired) electrons. The van der Waals surface area contributed by atoms with E-state index in [0.717, 1.165) is 25.1 Å². The molecule has 1 aliphatic rings. The van der Waals surface area contributed by atoms with Crippen LogP contribution in [0.1, 0.15) is 17.5 Å². The van der Waals surface area contributed by atoms with Crippen LogP contribution in [0.15, 0.2) is 18.5 Å². The van der Waals surface area contributed by atoms with Crippen LogP contribution >= 0.6 is 0 Å². The largest absolute Gasteiger partial charge is 0.383 e. The SMILES string of the molecule is NCCNC1=CCCc2cnncc21. The zero-order valence-electron chi connectivity index (χ0n) is 8.03. The fourth-order valence-electron chi connectivity index (χ4n) is 1.64. The van der Waals surface area contributed by atoms with Gasteiger partial charge in [0, 0.05) is 24.4 Å².